The summed E-state index contributed by atoms with van der Waals surface area (Å²) in [5.74, 6) is 1.67. The molecule has 1 aromatic carbocycles. The molecule has 0 bridgehead atoms. The van der Waals surface area contributed by atoms with Gasteiger partial charge in [-0.1, -0.05) is 26.0 Å². The van der Waals surface area contributed by atoms with Crippen LogP contribution in [0.4, 0.5) is 0 Å². The van der Waals surface area contributed by atoms with Crippen molar-refractivity contribution in [3.05, 3.63) is 45.9 Å². The van der Waals surface area contributed by atoms with Crippen molar-refractivity contribution in [2.24, 2.45) is 4.99 Å². The van der Waals surface area contributed by atoms with Gasteiger partial charge in [0.15, 0.2) is 5.96 Å². The van der Waals surface area contributed by atoms with E-state index in [0.717, 1.165) is 22.0 Å². The standard InChI is InChI=1S/C19H27N5O2S/c1-13(2)16-12-27-18(24-16)11-23-19(20-3)22-10-17(25)21-9-14-5-7-15(26-4)8-6-14/h5-8,12-13H,9-11H2,1-4H3,(H,21,25)(H2,20,22,23). The van der Waals surface area contributed by atoms with Gasteiger partial charge in [-0.25, -0.2) is 4.98 Å². The Balaban J connectivity index is 1.71. The molecule has 1 aromatic heterocycles. The maximum absolute atomic E-state index is 12.0. The third-order valence-electron chi connectivity index (χ3n) is 3.86. The van der Waals surface area contributed by atoms with Crippen molar-refractivity contribution < 1.29 is 9.53 Å². The Hall–Kier alpha value is -2.61. The molecule has 1 heterocycles. The highest BCUT2D eigenvalue weighted by Gasteiger charge is 2.07. The molecule has 0 saturated heterocycles. The van der Waals surface area contributed by atoms with Gasteiger partial charge in [-0.3, -0.25) is 9.79 Å². The number of guanidine groups is 1. The summed E-state index contributed by atoms with van der Waals surface area (Å²) in [4.78, 5) is 20.7. The van der Waals surface area contributed by atoms with E-state index in [-0.39, 0.29) is 12.5 Å². The zero-order chi connectivity index (χ0) is 19.6. The Labute approximate surface area is 164 Å². The summed E-state index contributed by atoms with van der Waals surface area (Å²) in [5.41, 5.74) is 2.11. The van der Waals surface area contributed by atoms with Crippen LogP contribution < -0.4 is 20.7 Å². The van der Waals surface area contributed by atoms with Crippen LogP contribution in [0.15, 0.2) is 34.6 Å². The van der Waals surface area contributed by atoms with Crippen molar-refractivity contribution in [1.29, 1.82) is 0 Å². The van der Waals surface area contributed by atoms with Crippen LogP contribution in [-0.2, 0) is 17.9 Å². The lowest BCUT2D eigenvalue weighted by Gasteiger charge is -2.11. The first-order chi connectivity index (χ1) is 13.0. The zero-order valence-corrected chi connectivity index (χ0v) is 17.0. The van der Waals surface area contributed by atoms with E-state index in [1.165, 1.54) is 0 Å². The average Bonchev–Trinajstić information content (AvgIpc) is 3.16. The van der Waals surface area contributed by atoms with Gasteiger partial charge >= 0.3 is 0 Å². The molecule has 27 heavy (non-hydrogen) atoms. The van der Waals surface area contributed by atoms with Gasteiger partial charge in [0.2, 0.25) is 5.91 Å². The molecule has 0 fully saturated rings. The summed E-state index contributed by atoms with van der Waals surface area (Å²) < 4.78 is 5.12. The van der Waals surface area contributed by atoms with Crippen molar-refractivity contribution in [3.63, 3.8) is 0 Å². The number of benzene rings is 1. The van der Waals surface area contributed by atoms with Crippen LogP contribution in [0.2, 0.25) is 0 Å². The van der Waals surface area contributed by atoms with Gasteiger partial charge in [-0.2, -0.15) is 0 Å². The van der Waals surface area contributed by atoms with Gasteiger partial charge in [-0.15, -0.1) is 11.3 Å². The summed E-state index contributed by atoms with van der Waals surface area (Å²) in [6.45, 7) is 5.43. The molecular formula is C19H27N5O2S. The van der Waals surface area contributed by atoms with Gasteiger partial charge < -0.3 is 20.7 Å². The van der Waals surface area contributed by atoms with Crippen molar-refractivity contribution in [3.8, 4) is 5.75 Å². The molecular weight excluding hydrogens is 362 g/mol. The Morgan fingerprint density at radius 3 is 2.52 bits per heavy atom. The highest BCUT2D eigenvalue weighted by atomic mass is 32.1. The maximum atomic E-state index is 12.0. The Kier molecular flexibility index (Phi) is 8.06. The van der Waals surface area contributed by atoms with Crippen LogP contribution in [0.1, 0.15) is 36.0 Å². The van der Waals surface area contributed by atoms with E-state index < -0.39 is 0 Å². The SMILES string of the molecule is CN=C(NCC(=O)NCc1ccc(OC)cc1)NCc1nc(C(C)C)cs1. The van der Waals surface area contributed by atoms with Crippen LogP contribution in [0.25, 0.3) is 0 Å². The monoisotopic (exact) mass is 389 g/mol. The number of nitrogens with one attached hydrogen (secondary N) is 3. The van der Waals surface area contributed by atoms with E-state index >= 15 is 0 Å². The third kappa shape index (κ3) is 6.90. The quantitative estimate of drug-likeness (QED) is 0.476. The summed E-state index contributed by atoms with van der Waals surface area (Å²) in [6, 6.07) is 7.59. The number of methoxy groups -OCH3 is 1. The molecule has 0 unspecified atom stereocenters. The van der Waals surface area contributed by atoms with Crippen molar-refractivity contribution in [2.75, 3.05) is 20.7 Å². The predicted molar refractivity (Wildman–Crippen MR) is 109 cm³/mol. The molecule has 0 saturated carbocycles. The number of thiazole rings is 1. The van der Waals surface area contributed by atoms with Gasteiger partial charge in [0.1, 0.15) is 10.8 Å². The van der Waals surface area contributed by atoms with Gasteiger partial charge in [0, 0.05) is 19.0 Å². The molecule has 0 aliphatic heterocycles. The van der Waals surface area contributed by atoms with Crippen molar-refractivity contribution in [2.45, 2.75) is 32.9 Å². The fraction of sp³-hybridized carbons (Fsp3) is 0.421. The zero-order valence-electron chi connectivity index (χ0n) is 16.2. The normalized spacial score (nSPS) is 11.4. The number of carbonyl (C=O) groups excluding carboxylic acids is 1. The minimum atomic E-state index is -0.106. The molecule has 2 rings (SSSR count). The molecule has 3 N–H and O–H groups in total. The lowest BCUT2D eigenvalue weighted by molar-refractivity contribution is -0.120. The number of amides is 1. The largest absolute Gasteiger partial charge is 0.497 e. The molecule has 0 radical (unpaired) electrons. The van der Waals surface area contributed by atoms with Gasteiger partial charge in [0.25, 0.3) is 0 Å². The fourth-order valence-corrected chi connectivity index (χ4v) is 3.12. The molecule has 0 aliphatic carbocycles. The molecule has 0 spiro atoms. The number of ether oxygens (including phenoxy) is 1. The van der Waals surface area contributed by atoms with Crippen molar-refractivity contribution >= 4 is 23.2 Å². The molecule has 0 aliphatic rings. The van der Waals surface area contributed by atoms with Gasteiger partial charge in [0.05, 0.1) is 25.9 Å². The topological polar surface area (TPSA) is 87.6 Å². The maximum Gasteiger partial charge on any atom is 0.239 e. The first kappa shape index (κ1) is 20.7. The van der Waals surface area contributed by atoms with Gasteiger partial charge in [-0.05, 0) is 23.6 Å². The number of hydrogen-bond acceptors (Lipinski definition) is 5. The molecule has 0 atom stereocenters. The van der Waals surface area contributed by atoms with Crippen LogP contribution >= 0.6 is 11.3 Å². The van der Waals surface area contributed by atoms with E-state index in [1.54, 1.807) is 25.5 Å². The Morgan fingerprint density at radius 2 is 1.93 bits per heavy atom. The molecule has 1 amide bonds. The molecule has 8 heteroatoms. The minimum Gasteiger partial charge on any atom is -0.497 e. The molecule has 7 nitrogen and oxygen atoms in total. The van der Waals surface area contributed by atoms with E-state index in [0.29, 0.717) is 25.0 Å². The second-order valence-electron chi connectivity index (χ2n) is 6.22. The number of aromatic nitrogens is 1. The highest BCUT2D eigenvalue weighted by Crippen LogP contribution is 2.17. The number of hydrogen-bond donors (Lipinski definition) is 3. The van der Waals surface area contributed by atoms with E-state index in [9.17, 15) is 4.79 Å². The first-order valence-corrected chi connectivity index (χ1v) is 9.68. The van der Waals surface area contributed by atoms with E-state index in [2.05, 4.69) is 45.2 Å². The summed E-state index contributed by atoms with van der Waals surface area (Å²) in [5, 5.41) is 12.1. The van der Waals surface area contributed by atoms with Crippen LogP contribution in [-0.4, -0.2) is 37.6 Å². The minimum absolute atomic E-state index is 0.106. The van der Waals surface area contributed by atoms with Crippen molar-refractivity contribution in [1.82, 2.24) is 20.9 Å². The molecule has 146 valence electrons. The van der Waals surface area contributed by atoms with E-state index in [4.69, 9.17) is 4.74 Å². The fourth-order valence-electron chi connectivity index (χ4n) is 2.22. The van der Waals surface area contributed by atoms with Crippen LogP contribution in [0.3, 0.4) is 0 Å². The average molecular weight is 390 g/mol. The Bertz CT molecular complexity index is 756. The number of carbonyl (C=O) groups is 1. The van der Waals surface area contributed by atoms with E-state index in [1.807, 2.05) is 24.3 Å². The summed E-state index contributed by atoms with van der Waals surface area (Å²) >= 11 is 1.62. The highest BCUT2D eigenvalue weighted by molar-refractivity contribution is 7.09. The second kappa shape index (κ2) is 10.5. The predicted octanol–water partition coefficient (Wildman–Crippen LogP) is 2.26. The van der Waals surface area contributed by atoms with Crippen LogP contribution in [0.5, 0.6) is 5.75 Å². The lowest BCUT2D eigenvalue weighted by Crippen LogP contribution is -2.42. The summed E-state index contributed by atoms with van der Waals surface area (Å²) in [7, 11) is 3.30. The lowest BCUT2D eigenvalue weighted by atomic mass is 10.2. The number of nitrogens with zero attached hydrogens (tertiary/aromatic N) is 2. The van der Waals surface area contributed by atoms with Crippen LogP contribution in [0, 0.1) is 0 Å². The molecule has 2 aromatic rings. The second-order valence-corrected chi connectivity index (χ2v) is 7.17. The summed E-state index contributed by atoms with van der Waals surface area (Å²) in [6.07, 6.45) is 0. The number of rotatable bonds is 8. The first-order valence-electron chi connectivity index (χ1n) is 8.80. The third-order valence-corrected chi connectivity index (χ3v) is 4.72. The number of aliphatic imine (C=N–C) groups is 1. The smallest absolute Gasteiger partial charge is 0.239 e. The Morgan fingerprint density at radius 1 is 1.19 bits per heavy atom.